The van der Waals surface area contributed by atoms with Gasteiger partial charge in [-0.25, -0.2) is 0 Å². The van der Waals surface area contributed by atoms with Crippen LogP contribution in [0.5, 0.6) is 5.75 Å². The van der Waals surface area contributed by atoms with Crippen molar-refractivity contribution in [1.29, 1.82) is 0 Å². The number of nitrogens with one attached hydrogen (secondary N) is 1. The van der Waals surface area contributed by atoms with Crippen LogP contribution in [-0.2, 0) is 7.05 Å². The Morgan fingerprint density at radius 2 is 2.00 bits per heavy atom. The highest BCUT2D eigenvalue weighted by molar-refractivity contribution is 5.97. The van der Waals surface area contributed by atoms with Crippen LogP contribution >= 0.6 is 0 Å². The Balaban J connectivity index is 2.18. The first-order valence-corrected chi connectivity index (χ1v) is 6.94. The zero-order valence-electron chi connectivity index (χ0n) is 12.8. The molecule has 0 saturated heterocycles. The van der Waals surface area contributed by atoms with Crippen molar-refractivity contribution < 1.29 is 27.1 Å². The number of carbonyl (C=O) groups excluding carboxylic acids is 1. The third kappa shape index (κ3) is 4.03. The lowest BCUT2D eigenvalue weighted by atomic mass is 10.1. The predicted molar refractivity (Wildman–Crippen MR) is 77.1 cm³/mol. The number of halogens is 4. The van der Waals surface area contributed by atoms with Crippen molar-refractivity contribution in [3.63, 3.8) is 0 Å². The fourth-order valence-corrected chi connectivity index (χ4v) is 1.96. The molecule has 1 amide bonds. The second kappa shape index (κ2) is 6.90. The molecule has 1 atom stereocenters. The average Bonchev–Trinajstić information content (AvgIpc) is 2.94. The fraction of sp³-hybridized carbons (Fsp3) is 0.333. The highest BCUT2D eigenvalue weighted by Crippen LogP contribution is 2.30. The van der Waals surface area contributed by atoms with E-state index in [2.05, 4.69) is 15.2 Å². The summed E-state index contributed by atoms with van der Waals surface area (Å²) in [6, 6.07) is 4.49. The van der Waals surface area contributed by atoms with Crippen LogP contribution < -0.4 is 10.1 Å². The summed E-state index contributed by atoms with van der Waals surface area (Å²) in [5, 5.41) is 6.54. The van der Waals surface area contributed by atoms with E-state index in [-0.39, 0.29) is 5.56 Å². The maximum Gasteiger partial charge on any atom is 0.461 e. The lowest BCUT2D eigenvalue weighted by Gasteiger charge is -2.19. The zero-order valence-corrected chi connectivity index (χ0v) is 12.8. The number of hydrogen-bond donors (Lipinski definition) is 1. The zero-order chi connectivity index (χ0) is 17.9. The van der Waals surface area contributed by atoms with Gasteiger partial charge in [0.25, 0.3) is 5.91 Å². The first-order valence-electron chi connectivity index (χ1n) is 6.94. The number of aryl methyl sites for hydroxylation is 1. The lowest BCUT2D eigenvalue weighted by Crippen LogP contribution is -2.35. The molecule has 0 bridgehead atoms. The normalized spacial score (nSPS) is 13.0. The number of benzene rings is 1. The largest absolute Gasteiger partial charge is 0.461 e. The van der Waals surface area contributed by atoms with E-state index in [1.54, 1.807) is 20.2 Å². The van der Waals surface area contributed by atoms with Crippen LogP contribution in [0.15, 0.2) is 36.7 Å². The number of aromatic nitrogens is 2. The Kier molecular flexibility index (Phi) is 5.10. The summed E-state index contributed by atoms with van der Waals surface area (Å²) in [5.41, 5.74) is 0.427. The Hall–Kier alpha value is -2.58. The molecule has 2 aromatic rings. The summed E-state index contributed by atoms with van der Waals surface area (Å²) < 4.78 is 56.3. The molecule has 0 unspecified atom stereocenters. The second-order valence-corrected chi connectivity index (χ2v) is 5.10. The molecule has 24 heavy (non-hydrogen) atoms. The van der Waals surface area contributed by atoms with Gasteiger partial charge in [0.05, 0.1) is 17.8 Å². The Morgan fingerprint density at radius 3 is 2.58 bits per heavy atom. The van der Waals surface area contributed by atoms with E-state index >= 15 is 0 Å². The molecule has 0 aliphatic carbocycles. The highest BCUT2D eigenvalue weighted by Gasteiger charge is 2.44. The molecule has 1 heterocycles. The van der Waals surface area contributed by atoms with Gasteiger partial charge in [-0.2, -0.15) is 22.7 Å². The van der Waals surface area contributed by atoms with Crippen molar-refractivity contribution in [2.45, 2.75) is 25.5 Å². The summed E-state index contributed by atoms with van der Waals surface area (Å²) in [5.74, 6) is -1.36. The van der Waals surface area contributed by atoms with Crippen LogP contribution in [-0.4, -0.2) is 28.2 Å². The molecule has 0 aliphatic heterocycles. The van der Waals surface area contributed by atoms with Crippen LogP contribution in [0, 0.1) is 0 Å². The number of rotatable bonds is 6. The lowest BCUT2D eigenvalue weighted by molar-refractivity contribution is -0.253. The highest BCUT2D eigenvalue weighted by atomic mass is 19.3. The van der Waals surface area contributed by atoms with Gasteiger partial charge in [0.2, 0.25) is 0 Å². The fourth-order valence-electron chi connectivity index (χ4n) is 1.96. The topological polar surface area (TPSA) is 56.1 Å². The molecule has 130 valence electrons. The van der Waals surface area contributed by atoms with Crippen molar-refractivity contribution in [2.75, 3.05) is 0 Å². The maximum atomic E-state index is 13.1. The molecule has 5 nitrogen and oxygen atoms in total. The number of hydrogen-bond acceptors (Lipinski definition) is 3. The monoisotopic (exact) mass is 345 g/mol. The average molecular weight is 345 g/mol. The van der Waals surface area contributed by atoms with Crippen LogP contribution in [0.4, 0.5) is 17.6 Å². The van der Waals surface area contributed by atoms with Crippen molar-refractivity contribution in [3.05, 3.63) is 47.8 Å². The van der Waals surface area contributed by atoms with Crippen LogP contribution in [0.25, 0.3) is 0 Å². The third-order valence-corrected chi connectivity index (χ3v) is 3.20. The number of nitrogens with zero attached hydrogens (tertiary/aromatic N) is 2. The Labute approximate surface area is 135 Å². The van der Waals surface area contributed by atoms with Crippen molar-refractivity contribution in [3.8, 4) is 5.75 Å². The van der Waals surface area contributed by atoms with Gasteiger partial charge in [0.15, 0.2) is 0 Å². The minimum absolute atomic E-state index is 0.270. The van der Waals surface area contributed by atoms with E-state index in [4.69, 9.17) is 0 Å². The summed E-state index contributed by atoms with van der Waals surface area (Å²) in [7, 11) is 1.70. The van der Waals surface area contributed by atoms with Gasteiger partial charge < -0.3 is 10.1 Å². The molecular weight excluding hydrogens is 330 g/mol. The van der Waals surface area contributed by atoms with Gasteiger partial charge in [-0.05, 0) is 19.1 Å². The van der Waals surface area contributed by atoms with Crippen molar-refractivity contribution in [2.24, 2.45) is 7.05 Å². The maximum absolute atomic E-state index is 13.1. The predicted octanol–water partition coefficient (Wildman–Crippen LogP) is 3.15. The molecule has 9 heteroatoms. The van der Waals surface area contributed by atoms with Crippen LogP contribution in [0.2, 0.25) is 0 Å². The molecule has 1 aromatic carbocycles. The van der Waals surface area contributed by atoms with Gasteiger partial charge in [-0.1, -0.05) is 12.1 Å². The summed E-state index contributed by atoms with van der Waals surface area (Å²) >= 11 is 0. The number of para-hydroxylation sites is 1. The van der Waals surface area contributed by atoms with Crippen molar-refractivity contribution >= 4 is 5.91 Å². The summed E-state index contributed by atoms with van der Waals surface area (Å²) in [6.07, 6.45) is -5.48. The van der Waals surface area contributed by atoms with Gasteiger partial charge >= 0.3 is 12.5 Å². The van der Waals surface area contributed by atoms with Crippen LogP contribution in [0.1, 0.15) is 28.9 Å². The first-order chi connectivity index (χ1) is 11.2. The van der Waals surface area contributed by atoms with E-state index in [1.807, 2.05) is 0 Å². The van der Waals surface area contributed by atoms with Gasteiger partial charge in [-0.15, -0.1) is 0 Å². The molecule has 1 aromatic heterocycles. The Morgan fingerprint density at radius 1 is 1.33 bits per heavy atom. The van der Waals surface area contributed by atoms with E-state index < -0.39 is 30.2 Å². The number of ether oxygens (including phenoxy) is 1. The number of amides is 1. The van der Waals surface area contributed by atoms with E-state index in [0.29, 0.717) is 5.56 Å². The third-order valence-electron chi connectivity index (χ3n) is 3.20. The number of alkyl halides is 4. The van der Waals surface area contributed by atoms with Gasteiger partial charge in [0, 0.05) is 18.8 Å². The number of carbonyl (C=O) groups is 1. The first kappa shape index (κ1) is 17.8. The molecule has 0 spiro atoms. The summed E-state index contributed by atoms with van der Waals surface area (Å²) in [4.78, 5) is 12.3. The molecule has 0 radical (unpaired) electrons. The molecule has 0 aliphatic rings. The SMILES string of the molecule is C[C@@H](NC(=O)c1ccccc1OC(F)(F)C(F)F)c1cnn(C)c1. The standard InChI is InChI=1S/C15H15F4N3O2/c1-9(10-7-20-22(2)8-10)21-13(23)11-5-3-4-6-12(11)24-15(18,19)14(16)17/h3-9,14H,1-2H3,(H,21,23)/t9-/m1/s1. The smallest absolute Gasteiger partial charge is 0.427 e. The molecule has 0 fully saturated rings. The quantitative estimate of drug-likeness (QED) is 0.819. The van der Waals surface area contributed by atoms with Gasteiger partial charge in [-0.3, -0.25) is 9.48 Å². The second-order valence-electron chi connectivity index (χ2n) is 5.10. The van der Waals surface area contributed by atoms with E-state index in [0.717, 1.165) is 6.07 Å². The molecule has 1 N–H and O–H groups in total. The van der Waals surface area contributed by atoms with Crippen LogP contribution in [0.3, 0.4) is 0 Å². The minimum Gasteiger partial charge on any atom is -0.427 e. The molecule has 2 rings (SSSR count). The van der Waals surface area contributed by atoms with Gasteiger partial charge in [0.1, 0.15) is 5.75 Å². The van der Waals surface area contributed by atoms with Crippen molar-refractivity contribution in [1.82, 2.24) is 15.1 Å². The van der Waals surface area contributed by atoms with E-state index in [1.165, 1.54) is 29.1 Å². The summed E-state index contributed by atoms with van der Waals surface area (Å²) in [6.45, 7) is 1.67. The Bertz CT molecular complexity index is 718. The molecular formula is C15H15F4N3O2. The minimum atomic E-state index is -4.69. The molecule has 0 saturated carbocycles. The van der Waals surface area contributed by atoms with E-state index in [9.17, 15) is 22.4 Å².